The van der Waals surface area contributed by atoms with E-state index in [1.165, 1.54) is 16.9 Å². The molecule has 3 atom stereocenters. The fourth-order valence-electron chi connectivity index (χ4n) is 3.91. The lowest BCUT2D eigenvalue weighted by molar-refractivity contribution is -0.115. The number of nitrogens with one attached hydrogen (secondary N) is 2. The molecule has 7 nitrogen and oxygen atoms in total. The summed E-state index contributed by atoms with van der Waals surface area (Å²) in [5.41, 5.74) is 8.23. The van der Waals surface area contributed by atoms with Gasteiger partial charge in [-0.2, -0.15) is 0 Å². The molecule has 2 heterocycles. The minimum absolute atomic E-state index is 0.0297. The highest BCUT2D eigenvalue weighted by Crippen LogP contribution is 2.21. The number of para-hydroxylation sites is 1. The highest BCUT2D eigenvalue weighted by Gasteiger charge is 2.29. The first-order chi connectivity index (χ1) is 15.5. The number of nitrogen functional groups attached to an aromatic ring is 1. The van der Waals surface area contributed by atoms with Gasteiger partial charge in [0.25, 0.3) is 0 Å². The lowest BCUT2D eigenvalue weighted by atomic mass is 10.0. The van der Waals surface area contributed by atoms with Crippen LogP contribution in [-0.4, -0.2) is 40.8 Å². The minimum atomic E-state index is -0.550. The van der Waals surface area contributed by atoms with Crippen molar-refractivity contribution < 1.29 is 14.6 Å². The maximum absolute atomic E-state index is 12.2. The molecule has 0 aliphatic carbocycles. The van der Waals surface area contributed by atoms with E-state index < -0.39 is 6.10 Å². The molecule has 1 saturated heterocycles. The predicted molar refractivity (Wildman–Crippen MR) is 127 cm³/mol. The van der Waals surface area contributed by atoms with Crippen LogP contribution in [0.25, 0.3) is 0 Å². The molecule has 8 heteroatoms. The average molecular weight is 453 g/mol. The Kier molecular flexibility index (Phi) is 7.36. The molecule has 4 rings (SSSR count). The molecule has 0 radical (unpaired) electrons. The highest BCUT2D eigenvalue weighted by atomic mass is 32.1. The molecule has 5 N–H and O–H groups in total. The van der Waals surface area contributed by atoms with Gasteiger partial charge < -0.3 is 26.2 Å². The van der Waals surface area contributed by atoms with Crippen molar-refractivity contribution in [3.05, 3.63) is 71.2 Å². The molecule has 0 saturated carbocycles. The minimum Gasteiger partial charge on any atom is -0.491 e. The van der Waals surface area contributed by atoms with Crippen LogP contribution in [0.15, 0.2) is 60.0 Å². The Morgan fingerprint density at radius 1 is 1.22 bits per heavy atom. The van der Waals surface area contributed by atoms with Crippen molar-refractivity contribution in [1.29, 1.82) is 0 Å². The fraction of sp³-hybridized carbons (Fsp3) is 0.333. The zero-order valence-electron chi connectivity index (χ0n) is 17.7. The van der Waals surface area contributed by atoms with E-state index in [0.29, 0.717) is 16.9 Å². The van der Waals surface area contributed by atoms with E-state index in [0.717, 1.165) is 30.7 Å². The Hall–Kier alpha value is -2.94. The Labute approximate surface area is 191 Å². The van der Waals surface area contributed by atoms with Gasteiger partial charge in [0, 0.05) is 23.2 Å². The van der Waals surface area contributed by atoms with E-state index in [4.69, 9.17) is 10.5 Å². The number of aromatic nitrogens is 1. The molecule has 2 aromatic carbocycles. The first-order valence-corrected chi connectivity index (χ1v) is 11.6. The second-order valence-corrected chi connectivity index (χ2v) is 8.93. The Morgan fingerprint density at radius 2 is 2.00 bits per heavy atom. The SMILES string of the molecule is Nc1nc(CC(=O)Nc2ccc(C[C@@H]3CCC([C@H](O)COc4ccccc4)N3)cc2)cs1. The van der Waals surface area contributed by atoms with E-state index in [1.807, 2.05) is 54.6 Å². The number of anilines is 2. The van der Waals surface area contributed by atoms with Crippen LogP contribution >= 0.6 is 11.3 Å². The smallest absolute Gasteiger partial charge is 0.230 e. The number of benzene rings is 2. The zero-order valence-corrected chi connectivity index (χ0v) is 18.6. The number of nitrogens with two attached hydrogens (primary N) is 1. The number of hydrogen-bond donors (Lipinski definition) is 4. The molecule has 1 unspecified atom stereocenters. The van der Waals surface area contributed by atoms with Crippen LogP contribution in [0, 0.1) is 0 Å². The maximum Gasteiger partial charge on any atom is 0.230 e. The first-order valence-electron chi connectivity index (χ1n) is 10.8. The molecule has 1 amide bonds. The number of rotatable bonds is 9. The van der Waals surface area contributed by atoms with Crippen LogP contribution in [0.1, 0.15) is 24.1 Å². The topological polar surface area (TPSA) is 110 Å². The van der Waals surface area contributed by atoms with Crippen LogP contribution in [0.4, 0.5) is 10.8 Å². The van der Waals surface area contributed by atoms with E-state index in [2.05, 4.69) is 15.6 Å². The van der Waals surface area contributed by atoms with Gasteiger partial charge in [-0.15, -0.1) is 11.3 Å². The van der Waals surface area contributed by atoms with Crippen molar-refractivity contribution in [2.24, 2.45) is 0 Å². The third-order valence-corrected chi connectivity index (χ3v) is 6.26. The Morgan fingerprint density at radius 3 is 2.72 bits per heavy atom. The number of thiazole rings is 1. The monoisotopic (exact) mass is 452 g/mol. The summed E-state index contributed by atoms with van der Waals surface area (Å²) in [6.07, 6.45) is 2.45. The summed E-state index contributed by atoms with van der Waals surface area (Å²) in [6.45, 7) is 0.274. The molecule has 3 aromatic rings. The summed E-state index contributed by atoms with van der Waals surface area (Å²) in [4.78, 5) is 16.3. The van der Waals surface area contributed by atoms with Gasteiger partial charge >= 0.3 is 0 Å². The molecular weight excluding hydrogens is 424 g/mol. The number of ether oxygens (including phenoxy) is 1. The quantitative estimate of drug-likeness (QED) is 0.397. The second kappa shape index (κ2) is 10.6. The molecule has 1 fully saturated rings. The Balaban J connectivity index is 1.21. The average Bonchev–Trinajstić information content (AvgIpc) is 3.43. The van der Waals surface area contributed by atoms with Crippen molar-refractivity contribution in [1.82, 2.24) is 10.3 Å². The van der Waals surface area contributed by atoms with Crippen LogP contribution in [0.5, 0.6) is 5.75 Å². The van der Waals surface area contributed by atoms with Crippen molar-refractivity contribution in [3.8, 4) is 5.75 Å². The normalized spacial score (nSPS) is 18.9. The predicted octanol–water partition coefficient (Wildman–Crippen LogP) is 3.01. The molecule has 1 aromatic heterocycles. The van der Waals surface area contributed by atoms with E-state index in [1.54, 1.807) is 5.38 Å². The zero-order chi connectivity index (χ0) is 22.3. The standard InChI is InChI=1S/C24H28N4O3S/c25-24-28-19(15-32-24)13-23(30)27-17-8-6-16(7-9-17)12-18-10-11-21(26-18)22(29)14-31-20-4-2-1-3-5-20/h1-9,15,18,21-22,26,29H,10-14H2,(H2,25,28)(H,27,30)/t18-,21?,22+/m0/s1. The number of carbonyl (C=O) groups excluding carboxylic acids is 1. The summed E-state index contributed by atoms with van der Waals surface area (Å²) in [7, 11) is 0. The fourth-order valence-corrected chi connectivity index (χ4v) is 4.47. The summed E-state index contributed by atoms with van der Waals surface area (Å²) >= 11 is 1.33. The second-order valence-electron chi connectivity index (χ2n) is 8.04. The number of aliphatic hydroxyl groups is 1. The van der Waals surface area contributed by atoms with Gasteiger partial charge in [-0.25, -0.2) is 4.98 Å². The molecule has 1 aliphatic rings. The number of hydrogen-bond acceptors (Lipinski definition) is 7. The largest absolute Gasteiger partial charge is 0.491 e. The number of amides is 1. The molecule has 32 heavy (non-hydrogen) atoms. The van der Waals surface area contributed by atoms with Gasteiger partial charge in [-0.05, 0) is 49.1 Å². The summed E-state index contributed by atoms with van der Waals surface area (Å²) in [6, 6.07) is 17.8. The third-order valence-electron chi connectivity index (χ3n) is 5.54. The van der Waals surface area contributed by atoms with Crippen LogP contribution in [0.2, 0.25) is 0 Å². The van der Waals surface area contributed by atoms with Crippen LogP contribution in [-0.2, 0) is 17.6 Å². The molecule has 1 aliphatic heterocycles. The van der Waals surface area contributed by atoms with Gasteiger partial charge in [-0.3, -0.25) is 4.79 Å². The highest BCUT2D eigenvalue weighted by molar-refractivity contribution is 7.13. The lowest BCUT2D eigenvalue weighted by Gasteiger charge is -2.20. The molecular formula is C24H28N4O3S. The van der Waals surface area contributed by atoms with Gasteiger partial charge in [0.2, 0.25) is 5.91 Å². The number of carbonyl (C=O) groups is 1. The first kappa shape index (κ1) is 22.3. The maximum atomic E-state index is 12.2. The van der Waals surface area contributed by atoms with Gasteiger partial charge in [0.05, 0.1) is 12.1 Å². The molecule has 0 bridgehead atoms. The van der Waals surface area contributed by atoms with Crippen molar-refractivity contribution in [2.45, 2.75) is 43.9 Å². The van der Waals surface area contributed by atoms with Crippen LogP contribution in [0.3, 0.4) is 0 Å². The number of aliphatic hydroxyl groups excluding tert-OH is 1. The van der Waals surface area contributed by atoms with Crippen LogP contribution < -0.4 is 21.1 Å². The van der Waals surface area contributed by atoms with Gasteiger partial charge in [0.15, 0.2) is 5.13 Å². The van der Waals surface area contributed by atoms with E-state index in [9.17, 15) is 9.90 Å². The Bertz CT molecular complexity index is 1010. The molecule has 168 valence electrons. The number of nitrogens with zero attached hydrogens (tertiary/aromatic N) is 1. The lowest BCUT2D eigenvalue weighted by Crippen LogP contribution is -2.42. The molecule has 0 spiro atoms. The van der Waals surface area contributed by atoms with E-state index in [-0.39, 0.29) is 25.0 Å². The summed E-state index contributed by atoms with van der Waals surface area (Å²) in [5.74, 6) is 0.652. The third kappa shape index (κ3) is 6.29. The van der Waals surface area contributed by atoms with Crippen molar-refractivity contribution in [3.63, 3.8) is 0 Å². The summed E-state index contributed by atoms with van der Waals surface area (Å²) in [5, 5.41) is 19.2. The van der Waals surface area contributed by atoms with E-state index >= 15 is 0 Å². The van der Waals surface area contributed by atoms with Crippen molar-refractivity contribution in [2.75, 3.05) is 17.7 Å². The van der Waals surface area contributed by atoms with Gasteiger partial charge in [-0.1, -0.05) is 30.3 Å². The van der Waals surface area contributed by atoms with Crippen molar-refractivity contribution >= 4 is 28.1 Å². The summed E-state index contributed by atoms with van der Waals surface area (Å²) < 4.78 is 5.68. The van der Waals surface area contributed by atoms with Gasteiger partial charge in [0.1, 0.15) is 18.5 Å².